The van der Waals surface area contributed by atoms with Crippen LogP contribution in [0.4, 0.5) is 0 Å². The molecule has 3 heteroatoms. The van der Waals surface area contributed by atoms with Crippen molar-refractivity contribution in [1.29, 1.82) is 0 Å². The van der Waals surface area contributed by atoms with Gasteiger partial charge in [-0.25, -0.2) is 0 Å². The van der Waals surface area contributed by atoms with E-state index in [0.717, 1.165) is 32.8 Å². The van der Waals surface area contributed by atoms with E-state index < -0.39 is 0 Å². The first-order valence-electron chi connectivity index (χ1n) is 6.83. The number of methoxy groups -OCH3 is 1. The van der Waals surface area contributed by atoms with Crippen LogP contribution >= 0.6 is 0 Å². The highest BCUT2D eigenvalue weighted by atomic mass is 16.5. The van der Waals surface area contributed by atoms with Gasteiger partial charge in [-0.3, -0.25) is 0 Å². The zero-order valence-electron chi connectivity index (χ0n) is 12.4. The summed E-state index contributed by atoms with van der Waals surface area (Å²) >= 11 is 0. The summed E-state index contributed by atoms with van der Waals surface area (Å²) in [5, 5.41) is 3.46. The van der Waals surface area contributed by atoms with Crippen LogP contribution in [0.5, 0.6) is 0 Å². The third-order valence-corrected chi connectivity index (χ3v) is 2.96. The summed E-state index contributed by atoms with van der Waals surface area (Å²) < 4.78 is 5.05. The van der Waals surface area contributed by atoms with E-state index in [2.05, 4.69) is 54.5 Å². The molecule has 106 valence electrons. The fraction of sp³-hybridized carbons (Fsp3) is 0.500. The number of nitrogens with one attached hydrogen (secondary N) is 1. The van der Waals surface area contributed by atoms with Gasteiger partial charge in [0.25, 0.3) is 0 Å². The summed E-state index contributed by atoms with van der Waals surface area (Å²) in [5.74, 6) is 0. The molecule has 1 aromatic carbocycles. The fourth-order valence-corrected chi connectivity index (χ4v) is 1.80. The van der Waals surface area contributed by atoms with Gasteiger partial charge in [-0.15, -0.1) is 0 Å². The molecule has 0 aliphatic rings. The molecule has 0 aromatic heterocycles. The topological polar surface area (TPSA) is 24.5 Å². The van der Waals surface area contributed by atoms with Crippen LogP contribution in [0, 0.1) is 0 Å². The summed E-state index contributed by atoms with van der Waals surface area (Å²) in [6, 6.07) is 10.4. The van der Waals surface area contributed by atoms with Crippen molar-refractivity contribution in [2.24, 2.45) is 0 Å². The minimum atomic E-state index is 0.795. The van der Waals surface area contributed by atoms with Gasteiger partial charge in [-0.05, 0) is 19.5 Å². The Kier molecular flexibility index (Phi) is 8.14. The van der Waals surface area contributed by atoms with E-state index in [9.17, 15) is 0 Å². The van der Waals surface area contributed by atoms with Gasteiger partial charge in [-0.1, -0.05) is 42.0 Å². The first kappa shape index (κ1) is 15.9. The van der Waals surface area contributed by atoms with Crippen molar-refractivity contribution < 1.29 is 4.74 Å². The molecule has 0 saturated heterocycles. The standard InChI is InChI=1S/C16H26N2O/c1-15(13-16-7-5-4-6-8-16)14-17-9-10-18(2)11-12-19-3/h4-8,13,17H,9-12,14H2,1-3H3/b15-13+. The van der Waals surface area contributed by atoms with Crippen LogP contribution < -0.4 is 5.32 Å². The molecule has 0 heterocycles. The predicted molar refractivity (Wildman–Crippen MR) is 82.3 cm³/mol. The molecule has 0 atom stereocenters. The zero-order valence-corrected chi connectivity index (χ0v) is 12.4. The molecule has 0 amide bonds. The Morgan fingerprint density at radius 1 is 1.26 bits per heavy atom. The molecule has 0 radical (unpaired) electrons. The zero-order chi connectivity index (χ0) is 13.9. The Balaban J connectivity index is 2.17. The van der Waals surface area contributed by atoms with Crippen LogP contribution in [0.2, 0.25) is 0 Å². The first-order chi connectivity index (χ1) is 9.22. The minimum Gasteiger partial charge on any atom is -0.383 e. The predicted octanol–water partition coefficient (Wildman–Crippen LogP) is 2.26. The second-order valence-corrected chi connectivity index (χ2v) is 4.87. The molecule has 1 aromatic rings. The van der Waals surface area contributed by atoms with Crippen molar-refractivity contribution in [3.8, 4) is 0 Å². The van der Waals surface area contributed by atoms with Crippen LogP contribution in [-0.4, -0.2) is 51.8 Å². The van der Waals surface area contributed by atoms with Crippen LogP contribution in [0.25, 0.3) is 6.08 Å². The number of benzene rings is 1. The Hall–Kier alpha value is -1.16. The summed E-state index contributed by atoms with van der Waals surface area (Å²) in [6.07, 6.45) is 2.22. The van der Waals surface area contributed by atoms with Crippen molar-refractivity contribution >= 4 is 6.08 Å². The summed E-state index contributed by atoms with van der Waals surface area (Å²) in [4.78, 5) is 2.27. The average molecular weight is 262 g/mol. The number of nitrogens with zero attached hydrogens (tertiary/aromatic N) is 1. The smallest absolute Gasteiger partial charge is 0.0589 e. The fourth-order valence-electron chi connectivity index (χ4n) is 1.80. The van der Waals surface area contributed by atoms with E-state index in [1.54, 1.807) is 7.11 Å². The molecule has 19 heavy (non-hydrogen) atoms. The highest BCUT2D eigenvalue weighted by Crippen LogP contribution is 2.04. The quantitative estimate of drug-likeness (QED) is 0.691. The number of hydrogen-bond acceptors (Lipinski definition) is 3. The SMILES string of the molecule is COCCN(C)CCNC/C(C)=C/c1ccccc1. The number of likely N-dealkylation sites (N-methyl/N-ethyl adjacent to an activating group) is 1. The Morgan fingerprint density at radius 3 is 2.68 bits per heavy atom. The molecule has 3 nitrogen and oxygen atoms in total. The molecule has 0 saturated carbocycles. The Morgan fingerprint density at radius 2 is 2.00 bits per heavy atom. The maximum Gasteiger partial charge on any atom is 0.0589 e. The lowest BCUT2D eigenvalue weighted by molar-refractivity contribution is 0.161. The number of ether oxygens (including phenoxy) is 1. The minimum absolute atomic E-state index is 0.795. The van der Waals surface area contributed by atoms with E-state index in [0.29, 0.717) is 0 Å². The maximum atomic E-state index is 5.05. The van der Waals surface area contributed by atoms with Gasteiger partial charge in [0.2, 0.25) is 0 Å². The molecular weight excluding hydrogens is 236 g/mol. The van der Waals surface area contributed by atoms with Crippen LogP contribution in [0.3, 0.4) is 0 Å². The highest BCUT2D eigenvalue weighted by Gasteiger charge is 1.97. The molecule has 0 aliphatic heterocycles. The summed E-state index contributed by atoms with van der Waals surface area (Å²) in [6.45, 7) is 6.92. The van der Waals surface area contributed by atoms with Gasteiger partial charge in [0, 0.05) is 33.3 Å². The molecule has 1 N–H and O–H groups in total. The lowest BCUT2D eigenvalue weighted by Gasteiger charge is -2.16. The van der Waals surface area contributed by atoms with Crippen molar-refractivity contribution in [2.45, 2.75) is 6.92 Å². The summed E-state index contributed by atoms with van der Waals surface area (Å²) in [7, 11) is 3.86. The Bertz CT molecular complexity index is 362. The van der Waals surface area contributed by atoms with E-state index in [4.69, 9.17) is 4.74 Å². The van der Waals surface area contributed by atoms with E-state index in [-0.39, 0.29) is 0 Å². The molecule has 1 rings (SSSR count). The van der Waals surface area contributed by atoms with Gasteiger partial charge < -0.3 is 15.0 Å². The molecular formula is C16H26N2O. The van der Waals surface area contributed by atoms with Crippen molar-refractivity contribution in [3.63, 3.8) is 0 Å². The Labute approximate surface area is 117 Å². The lowest BCUT2D eigenvalue weighted by atomic mass is 10.1. The molecule has 0 fully saturated rings. The largest absolute Gasteiger partial charge is 0.383 e. The van der Waals surface area contributed by atoms with Gasteiger partial charge in [0.1, 0.15) is 0 Å². The third-order valence-electron chi connectivity index (χ3n) is 2.96. The van der Waals surface area contributed by atoms with E-state index in [1.165, 1.54) is 11.1 Å². The molecule has 0 spiro atoms. The number of hydrogen-bond donors (Lipinski definition) is 1. The van der Waals surface area contributed by atoms with Gasteiger partial charge >= 0.3 is 0 Å². The van der Waals surface area contributed by atoms with E-state index >= 15 is 0 Å². The van der Waals surface area contributed by atoms with Crippen LogP contribution in [0.15, 0.2) is 35.9 Å². The van der Waals surface area contributed by atoms with E-state index in [1.807, 2.05) is 6.07 Å². The van der Waals surface area contributed by atoms with Crippen LogP contribution in [0.1, 0.15) is 12.5 Å². The monoisotopic (exact) mass is 262 g/mol. The van der Waals surface area contributed by atoms with Crippen molar-refractivity contribution in [1.82, 2.24) is 10.2 Å². The number of rotatable bonds is 9. The highest BCUT2D eigenvalue weighted by molar-refractivity contribution is 5.52. The normalized spacial score (nSPS) is 12.1. The van der Waals surface area contributed by atoms with Gasteiger partial charge in [-0.2, -0.15) is 0 Å². The second-order valence-electron chi connectivity index (χ2n) is 4.87. The average Bonchev–Trinajstić information content (AvgIpc) is 2.42. The van der Waals surface area contributed by atoms with Gasteiger partial charge in [0.05, 0.1) is 6.61 Å². The first-order valence-corrected chi connectivity index (χ1v) is 6.83. The lowest BCUT2D eigenvalue weighted by Crippen LogP contribution is -2.32. The van der Waals surface area contributed by atoms with Gasteiger partial charge in [0.15, 0.2) is 0 Å². The maximum absolute atomic E-state index is 5.05. The molecule has 0 aliphatic carbocycles. The summed E-state index contributed by atoms with van der Waals surface area (Å²) in [5.41, 5.74) is 2.62. The van der Waals surface area contributed by atoms with Crippen LogP contribution in [-0.2, 0) is 4.74 Å². The molecule has 0 bridgehead atoms. The third kappa shape index (κ3) is 7.78. The van der Waals surface area contributed by atoms with Crippen molar-refractivity contribution in [3.05, 3.63) is 41.5 Å². The van der Waals surface area contributed by atoms with Crippen molar-refractivity contribution in [2.75, 3.05) is 46.9 Å². The molecule has 0 unspecified atom stereocenters. The second kappa shape index (κ2) is 9.73.